The fourth-order valence-electron chi connectivity index (χ4n) is 6.37. The van der Waals surface area contributed by atoms with Crippen LogP contribution in [0.3, 0.4) is 0 Å². The molecule has 0 spiro atoms. The number of anilines is 1. The highest BCUT2D eigenvalue weighted by Crippen LogP contribution is 2.36. The first-order chi connectivity index (χ1) is 19.3. The van der Waals surface area contributed by atoms with Crippen molar-refractivity contribution in [1.29, 1.82) is 0 Å². The second-order valence-electron chi connectivity index (χ2n) is 11.2. The van der Waals surface area contributed by atoms with Crippen molar-refractivity contribution < 1.29 is 27.8 Å². The van der Waals surface area contributed by atoms with Gasteiger partial charge in [-0.05, 0) is 59.2 Å². The topological polar surface area (TPSA) is 103 Å². The number of sulfonamides is 1. The number of ether oxygens (including phenoxy) is 2. The summed E-state index contributed by atoms with van der Waals surface area (Å²) in [5.41, 5.74) is 6.33. The predicted octanol–water partition coefficient (Wildman–Crippen LogP) is 1.40. The van der Waals surface area contributed by atoms with Gasteiger partial charge in [-0.15, -0.1) is 0 Å². The summed E-state index contributed by atoms with van der Waals surface area (Å²) in [6.45, 7) is 5.64. The van der Waals surface area contributed by atoms with E-state index in [1.54, 1.807) is 17.0 Å². The molecule has 0 saturated carbocycles. The average Bonchev–Trinajstić information content (AvgIpc) is 3.72. The lowest BCUT2D eigenvalue weighted by Crippen LogP contribution is -2.38. The number of hydrogen-bond acceptors (Lipinski definition) is 8. The molecule has 5 aliphatic heterocycles. The number of nitrogens with zero attached hydrogens (tertiary/aromatic N) is 4. The number of likely N-dealkylation sites (N-methyl/N-ethyl adjacent to an activating group) is 1. The molecule has 2 aromatic rings. The maximum Gasteiger partial charge on any atom is 0.256 e. The molecular formula is C29H32N4O6S. The van der Waals surface area contributed by atoms with Gasteiger partial charge in [-0.3, -0.25) is 9.69 Å². The van der Waals surface area contributed by atoms with Gasteiger partial charge in [0.1, 0.15) is 13.2 Å². The van der Waals surface area contributed by atoms with E-state index in [4.69, 9.17) is 9.47 Å². The van der Waals surface area contributed by atoms with Crippen LogP contribution in [0.15, 0.2) is 69.7 Å². The summed E-state index contributed by atoms with van der Waals surface area (Å²) >= 11 is 0. The van der Waals surface area contributed by atoms with Crippen molar-refractivity contribution in [1.82, 2.24) is 14.1 Å². The number of benzene rings is 2. The second-order valence-corrected chi connectivity index (χ2v) is 13.2. The Balaban J connectivity index is 0.986. The Morgan fingerprint density at radius 3 is 2.17 bits per heavy atom. The van der Waals surface area contributed by atoms with Crippen LogP contribution in [0.2, 0.25) is 0 Å². The van der Waals surface area contributed by atoms with Gasteiger partial charge in [0.25, 0.3) is 5.91 Å². The molecule has 0 aromatic heterocycles. The quantitative estimate of drug-likeness (QED) is 0.544. The summed E-state index contributed by atoms with van der Waals surface area (Å²) in [6.07, 6.45) is -1.27. The van der Waals surface area contributed by atoms with Crippen LogP contribution in [0, 0.1) is 0 Å². The van der Waals surface area contributed by atoms with Crippen molar-refractivity contribution in [3.05, 3.63) is 70.3 Å². The van der Waals surface area contributed by atoms with Gasteiger partial charge in [0.2, 0.25) is 10.0 Å². The SMILES string of the molecule is CN1CC2=C(C1)CN(c1cccc(C(O)C(=O)N3CC4=C(C3)CN(S(=O)(=O)c3ccc5c(c3)OCCO5)C4)c1)C2. The van der Waals surface area contributed by atoms with Crippen molar-refractivity contribution in [2.75, 3.05) is 77.5 Å². The van der Waals surface area contributed by atoms with Crippen LogP contribution in [0.4, 0.5) is 5.69 Å². The maximum atomic E-state index is 13.4. The van der Waals surface area contributed by atoms with Gasteiger partial charge in [-0.1, -0.05) is 12.1 Å². The van der Waals surface area contributed by atoms with E-state index in [-0.39, 0.29) is 23.9 Å². The molecule has 0 bridgehead atoms. The summed E-state index contributed by atoms with van der Waals surface area (Å²) in [7, 11) is -1.61. The fraction of sp³-hybridized carbons (Fsp3) is 0.414. The summed E-state index contributed by atoms with van der Waals surface area (Å²) < 4.78 is 39.2. The molecule has 11 heteroatoms. The largest absolute Gasteiger partial charge is 0.486 e. The zero-order chi connectivity index (χ0) is 27.6. The Labute approximate surface area is 233 Å². The number of aliphatic hydroxyl groups excluding tert-OH is 1. The molecule has 1 atom stereocenters. The Morgan fingerprint density at radius 1 is 0.825 bits per heavy atom. The van der Waals surface area contributed by atoms with Gasteiger partial charge in [-0.2, -0.15) is 4.31 Å². The van der Waals surface area contributed by atoms with E-state index < -0.39 is 16.1 Å². The third-order valence-corrected chi connectivity index (χ3v) is 10.2. The molecule has 1 amide bonds. The highest BCUT2D eigenvalue weighted by atomic mass is 32.2. The van der Waals surface area contributed by atoms with Gasteiger partial charge in [0.15, 0.2) is 17.6 Å². The molecule has 10 nitrogen and oxygen atoms in total. The zero-order valence-corrected chi connectivity index (χ0v) is 23.2. The van der Waals surface area contributed by atoms with Gasteiger partial charge in [0.05, 0.1) is 4.90 Å². The molecule has 0 aliphatic carbocycles. The van der Waals surface area contributed by atoms with Crippen molar-refractivity contribution in [3.63, 3.8) is 0 Å². The first kappa shape index (κ1) is 25.6. The van der Waals surface area contributed by atoms with Crippen molar-refractivity contribution >= 4 is 21.6 Å². The van der Waals surface area contributed by atoms with E-state index in [9.17, 15) is 18.3 Å². The van der Waals surface area contributed by atoms with Gasteiger partial charge in [0, 0.05) is 64.1 Å². The molecule has 5 aliphatic rings. The Hall–Kier alpha value is -3.38. The standard InChI is InChI=1S/C29H32N4O6S/c1-30-11-20-13-31(14-21(20)12-30)24-4-2-3-19(9-24)28(34)29(35)32-15-22-17-33(18-23(22)16-32)40(36,37)25-5-6-26-27(10-25)39-8-7-38-26/h2-6,9-10,28,34H,7-8,11-18H2,1H3. The number of fused-ring (bicyclic) bond motifs is 1. The third kappa shape index (κ3) is 4.37. The smallest absolute Gasteiger partial charge is 0.256 e. The van der Waals surface area contributed by atoms with E-state index >= 15 is 0 Å². The second kappa shape index (κ2) is 9.62. The molecule has 1 N–H and O–H groups in total. The van der Waals surface area contributed by atoms with Crippen LogP contribution in [0.1, 0.15) is 11.7 Å². The van der Waals surface area contributed by atoms with Crippen LogP contribution in [-0.4, -0.2) is 106 Å². The molecule has 2 aromatic carbocycles. The van der Waals surface area contributed by atoms with Crippen LogP contribution < -0.4 is 14.4 Å². The molecule has 0 radical (unpaired) electrons. The van der Waals surface area contributed by atoms with E-state index in [0.717, 1.165) is 43.0 Å². The van der Waals surface area contributed by atoms with Gasteiger partial charge < -0.3 is 24.4 Å². The average molecular weight is 565 g/mol. The molecular weight excluding hydrogens is 532 g/mol. The lowest BCUT2D eigenvalue weighted by Gasteiger charge is -2.26. The number of hydrogen-bond donors (Lipinski definition) is 1. The van der Waals surface area contributed by atoms with E-state index in [2.05, 4.69) is 16.8 Å². The highest BCUT2D eigenvalue weighted by Gasteiger charge is 2.39. The first-order valence-electron chi connectivity index (χ1n) is 13.6. The normalized spacial score (nSPS) is 21.9. The fourth-order valence-corrected chi connectivity index (χ4v) is 7.81. The number of carbonyl (C=O) groups is 1. The maximum absolute atomic E-state index is 13.4. The summed E-state index contributed by atoms with van der Waals surface area (Å²) in [4.78, 5) is 19.7. The number of amides is 1. The molecule has 5 heterocycles. The molecule has 1 unspecified atom stereocenters. The summed E-state index contributed by atoms with van der Waals surface area (Å²) in [6, 6.07) is 12.3. The Bertz CT molecular complexity index is 1530. The lowest BCUT2D eigenvalue weighted by atomic mass is 10.1. The summed E-state index contributed by atoms with van der Waals surface area (Å²) in [5, 5.41) is 11.0. The first-order valence-corrected chi connectivity index (χ1v) is 15.0. The lowest BCUT2D eigenvalue weighted by molar-refractivity contribution is -0.139. The van der Waals surface area contributed by atoms with Gasteiger partial charge in [-0.25, -0.2) is 8.42 Å². The van der Waals surface area contributed by atoms with Crippen LogP contribution in [0.25, 0.3) is 0 Å². The van der Waals surface area contributed by atoms with Crippen LogP contribution in [-0.2, 0) is 14.8 Å². The summed E-state index contributed by atoms with van der Waals surface area (Å²) in [5.74, 6) is 0.607. The molecule has 40 heavy (non-hydrogen) atoms. The Kier molecular flexibility index (Phi) is 6.15. The highest BCUT2D eigenvalue weighted by molar-refractivity contribution is 7.89. The van der Waals surface area contributed by atoms with Crippen molar-refractivity contribution in [2.45, 2.75) is 11.0 Å². The van der Waals surface area contributed by atoms with Gasteiger partial charge >= 0.3 is 0 Å². The van der Waals surface area contributed by atoms with Crippen LogP contribution in [0.5, 0.6) is 11.5 Å². The number of carbonyl (C=O) groups excluding carboxylic acids is 1. The van der Waals surface area contributed by atoms with E-state index in [1.165, 1.54) is 27.6 Å². The molecule has 0 saturated heterocycles. The minimum Gasteiger partial charge on any atom is -0.486 e. The molecule has 0 fully saturated rings. The number of aliphatic hydroxyl groups is 1. The predicted molar refractivity (Wildman–Crippen MR) is 148 cm³/mol. The van der Waals surface area contributed by atoms with Crippen molar-refractivity contribution in [3.8, 4) is 11.5 Å². The number of rotatable bonds is 5. The third-order valence-electron chi connectivity index (χ3n) is 8.43. The molecule has 210 valence electrons. The minimum absolute atomic E-state index is 0.159. The van der Waals surface area contributed by atoms with Crippen LogP contribution >= 0.6 is 0 Å². The monoisotopic (exact) mass is 564 g/mol. The van der Waals surface area contributed by atoms with E-state index in [1.807, 2.05) is 18.2 Å². The minimum atomic E-state index is -3.74. The zero-order valence-electron chi connectivity index (χ0n) is 22.4. The van der Waals surface area contributed by atoms with Crippen molar-refractivity contribution in [2.24, 2.45) is 0 Å². The Morgan fingerprint density at radius 2 is 1.48 bits per heavy atom. The van der Waals surface area contributed by atoms with E-state index in [0.29, 0.717) is 43.4 Å². The molecule has 7 rings (SSSR count).